The molecule has 2 N–H and O–H groups in total. The summed E-state index contributed by atoms with van der Waals surface area (Å²) in [5.41, 5.74) is 1.17. The second-order valence-electron chi connectivity index (χ2n) is 6.79. The number of anilines is 1. The Morgan fingerprint density at radius 3 is 2.57 bits per heavy atom. The van der Waals surface area contributed by atoms with E-state index in [4.69, 9.17) is 14.5 Å². The number of benzene rings is 1. The number of aliphatic imine (C=N–C) groups is 1. The molecule has 1 aromatic carbocycles. The van der Waals surface area contributed by atoms with Gasteiger partial charge < -0.3 is 25.0 Å². The second kappa shape index (κ2) is 15.8. The molecule has 0 amide bonds. The molecule has 0 aromatic heterocycles. The average Bonchev–Trinajstić information content (AvgIpc) is 2.71. The molecule has 1 saturated heterocycles. The maximum absolute atomic E-state index is 5.95. The van der Waals surface area contributed by atoms with Crippen molar-refractivity contribution in [1.82, 2.24) is 10.2 Å². The summed E-state index contributed by atoms with van der Waals surface area (Å²) in [5, 5.41) is 6.87. The smallest absolute Gasteiger partial charge is 0.193 e. The largest absolute Gasteiger partial charge is 0.385 e. The number of para-hydroxylation sites is 1. The van der Waals surface area contributed by atoms with Crippen LogP contribution in [0.5, 0.6) is 0 Å². The number of methoxy groups -OCH3 is 1. The first-order valence-electron chi connectivity index (χ1n) is 10.3. The number of ether oxygens (including phenoxy) is 2. The molecule has 1 aliphatic rings. The molecule has 7 heteroatoms. The van der Waals surface area contributed by atoms with Gasteiger partial charge in [0.15, 0.2) is 5.96 Å². The number of piperidine rings is 1. The summed E-state index contributed by atoms with van der Waals surface area (Å²) in [7, 11) is 1.73. The number of nitrogens with one attached hydrogen (secondary N) is 2. The highest BCUT2D eigenvalue weighted by atomic mass is 127. The van der Waals surface area contributed by atoms with Gasteiger partial charge in [0.05, 0.1) is 6.10 Å². The Morgan fingerprint density at radius 1 is 1.14 bits per heavy atom. The van der Waals surface area contributed by atoms with Gasteiger partial charge >= 0.3 is 0 Å². The van der Waals surface area contributed by atoms with Gasteiger partial charge in [0.25, 0.3) is 0 Å². The first-order chi connectivity index (χ1) is 13.3. The minimum atomic E-state index is 0. The van der Waals surface area contributed by atoms with Crippen LogP contribution in [-0.2, 0) is 9.47 Å². The van der Waals surface area contributed by atoms with Crippen molar-refractivity contribution in [2.45, 2.75) is 38.7 Å². The maximum Gasteiger partial charge on any atom is 0.193 e. The topological polar surface area (TPSA) is 58.1 Å². The van der Waals surface area contributed by atoms with Gasteiger partial charge in [-0.3, -0.25) is 4.99 Å². The minimum Gasteiger partial charge on any atom is -0.385 e. The Balaban J connectivity index is 0.00000392. The zero-order valence-electron chi connectivity index (χ0n) is 17.4. The highest BCUT2D eigenvalue weighted by molar-refractivity contribution is 14.0. The molecule has 1 aromatic rings. The Morgan fingerprint density at radius 2 is 1.89 bits per heavy atom. The van der Waals surface area contributed by atoms with Gasteiger partial charge in [-0.15, -0.1) is 24.0 Å². The molecular weight excluding hydrogens is 467 g/mol. The van der Waals surface area contributed by atoms with Crippen LogP contribution in [0.3, 0.4) is 0 Å². The summed E-state index contributed by atoms with van der Waals surface area (Å²) >= 11 is 0. The molecule has 0 bridgehead atoms. The molecule has 1 aliphatic heterocycles. The lowest BCUT2D eigenvalue weighted by atomic mass is 10.1. The van der Waals surface area contributed by atoms with E-state index in [9.17, 15) is 0 Å². The monoisotopic (exact) mass is 504 g/mol. The summed E-state index contributed by atoms with van der Waals surface area (Å²) in [6.07, 6.45) is 4.48. The van der Waals surface area contributed by atoms with Crippen LogP contribution in [-0.4, -0.2) is 70.0 Å². The number of hydrogen-bond acceptors (Lipinski definition) is 4. The first kappa shape index (κ1) is 25.0. The van der Waals surface area contributed by atoms with Crippen LogP contribution in [0.1, 0.15) is 32.6 Å². The zero-order chi connectivity index (χ0) is 19.2. The van der Waals surface area contributed by atoms with Gasteiger partial charge in [-0.25, -0.2) is 0 Å². The van der Waals surface area contributed by atoms with Crippen LogP contribution in [0.2, 0.25) is 0 Å². The fourth-order valence-corrected chi connectivity index (χ4v) is 3.17. The van der Waals surface area contributed by atoms with Crippen molar-refractivity contribution >= 4 is 35.6 Å². The second-order valence-corrected chi connectivity index (χ2v) is 6.79. The zero-order valence-corrected chi connectivity index (χ0v) is 19.7. The predicted octanol–water partition coefficient (Wildman–Crippen LogP) is 3.59. The predicted molar refractivity (Wildman–Crippen MR) is 128 cm³/mol. The van der Waals surface area contributed by atoms with Gasteiger partial charge in [-0.1, -0.05) is 18.2 Å². The van der Waals surface area contributed by atoms with E-state index in [2.05, 4.69) is 46.7 Å². The van der Waals surface area contributed by atoms with Crippen LogP contribution in [0.15, 0.2) is 35.3 Å². The molecule has 28 heavy (non-hydrogen) atoms. The summed E-state index contributed by atoms with van der Waals surface area (Å²) in [4.78, 5) is 7.18. The van der Waals surface area contributed by atoms with Crippen molar-refractivity contribution < 1.29 is 9.47 Å². The van der Waals surface area contributed by atoms with Gasteiger partial charge in [0.1, 0.15) is 0 Å². The summed E-state index contributed by atoms with van der Waals surface area (Å²) in [6, 6.07) is 10.3. The van der Waals surface area contributed by atoms with Crippen LogP contribution in [0.25, 0.3) is 0 Å². The summed E-state index contributed by atoms with van der Waals surface area (Å²) < 4.78 is 11.0. The average molecular weight is 504 g/mol. The van der Waals surface area contributed by atoms with Crippen LogP contribution >= 0.6 is 24.0 Å². The molecule has 0 saturated carbocycles. The Labute approximate surface area is 187 Å². The lowest BCUT2D eigenvalue weighted by Crippen LogP contribution is -2.47. The molecule has 6 nitrogen and oxygen atoms in total. The summed E-state index contributed by atoms with van der Waals surface area (Å²) in [5.74, 6) is 1.04. The lowest BCUT2D eigenvalue weighted by Gasteiger charge is -2.34. The molecule has 1 heterocycles. The fourth-order valence-electron chi connectivity index (χ4n) is 3.17. The van der Waals surface area contributed by atoms with Gasteiger partial charge in [-0.2, -0.15) is 0 Å². The van der Waals surface area contributed by atoms with E-state index in [1.807, 2.05) is 6.07 Å². The Kier molecular flexibility index (Phi) is 14.1. The standard InChI is InChI=1S/C21H36N4O2.HI/c1-3-22-21(24-14-7-13-23-19-9-5-4-6-10-19)25-15-11-20(12-16-25)27-18-8-17-26-2;/h4-6,9-10,20,23H,3,7-8,11-18H2,1-2H3,(H,22,24);1H. The van der Waals surface area contributed by atoms with Gasteiger partial charge in [0.2, 0.25) is 0 Å². The van der Waals surface area contributed by atoms with Crippen LogP contribution in [0.4, 0.5) is 5.69 Å². The Bertz CT molecular complexity index is 522. The van der Waals surface area contributed by atoms with Crippen molar-refractivity contribution in [1.29, 1.82) is 0 Å². The molecular formula is C21H37IN4O2. The van der Waals surface area contributed by atoms with E-state index in [1.165, 1.54) is 5.69 Å². The molecule has 0 unspecified atom stereocenters. The normalized spacial score (nSPS) is 15.2. The molecule has 0 spiro atoms. The lowest BCUT2D eigenvalue weighted by molar-refractivity contribution is 0.00991. The third kappa shape index (κ3) is 9.93. The molecule has 160 valence electrons. The number of halogens is 1. The highest BCUT2D eigenvalue weighted by Crippen LogP contribution is 2.14. The number of nitrogens with zero attached hydrogens (tertiary/aromatic N) is 2. The first-order valence-corrected chi connectivity index (χ1v) is 10.3. The molecule has 1 fully saturated rings. The highest BCUT2D eigenvalue weighted by Gasteiger charge is 2.21. The van der Waals surface area contributed by atoms with E-state index < -0.39 is 0 Å². The van der Waals surface area contributed by atoms with Gasteiger partial charge in [-0.05, 0) is 44.7 Å². The number of likely N-dealkylation sites (tertiary alicyclic amines) is 1. The van der Waals surface area contributed by atoms with Gasteiger partial charge in [0, 0.05) is 58.7 Å². The fraction of sp³-hybridized carbons (Fsp3) is 0.667. The van der Waals surface area contributed by atoms with E-state index in [1.54, 1.807) is 7.11 Å². The Hall–Kier alpha value is -1.06. The molecule has 0 radical (unpaired) electrons. The van der Waals surface area contributed by atoms with Crippen molar-refractivity contribution in [2.75, 3.05) is 58.4 Å². The number of hydrogen-bond donors (Lipinski definition) is 2. The van der Waals surface area contributed by atoms with Crippen molar-refractivity contribution in [3.05, 3.63) is 30.3 Å². The summed E-state index contributed by atoms with van der Waals surface area (Å²) in [6.45, 7) is 8.36. The van der Waals surface area contributed by atoms with E-state index in [-0.39, 0.29) is 24.0 Å². The van der Waals surface area contributed by atoms with Crippen LogP contribution < -0.4 is 10.6 Å². The quantitative estimate of drug-likeness (QED) is 0.209. The third-order valence-corrected chi connectivity index (χ3v) is 4.62. The van der Waals surface area contributed by atoms with Crippen molar-refractivity contribution in [2.24, 2.45) is 4.99 Å². The maximum atomic E-state index is 5.95. The van der Waals surface area contributed by atoms with Crippen molar-refractivity contribution in [3.63, 3.8) is 0 Å². The van der Waals surface area contributed by atoms with Crippen molar-refractivity contribution in [3.8, 4) is 0 Å². The minimum absolute atomic E-state index is 0. The SMILES string of the molecule is CCNC(=NCCCNc1ccccc1)N1CCC(OCCCOC)CC1.I. The van der Waals surface area contributed by atoms with Crippen LogP contribution in [0, 0.1) is 0 Å². The molecule has 0 aliphatic carbocycles. The van der Waals surface area contributed by atoms with E-state index in [0.29, 0.717) is 6.10 Å². The number of guanidine groups is 1. The molecule has 0 atom stereocenters. The number of rotatable bonds is 11. The van der Waals surface area contributed by atoms with E-state index in [0.717, 1.165) is 77.6 Å². The van der Waals surface area contributed by atoms with E-state index >= 15 is 0 Å². The third-order valence-electron chi connectivity index (χ3n) is 4.62. The molecule has 2 rings (SSSR count).